The maximum absolute atomic E-state index is 12.7. The van der Waals surface area contributed by atoms with Crippen molar-refractivity contribution in [1.29, 1.82) is 0 Å². The Labute approximate surface area is 112 Å². The van der Waals surface area contributed by atoms with Crippen LogP contribution < -0.4 is 10.1 Å². The van der Waals surface area contributed by atoms with Gasteiger partial charge >= 0.3 is 0 Å². The lowest BCUT2D eigenvalue weighted by Crippen LogP contribution is -2.29. The minimum absolute atomic E-state index is 0.0549. The lowest BCUT2D eigenvalue weighted by atomic mass is 10.1. The summed E-state index contributed by atoms with van der Waals surface area (Å²) in [4.78, 5) is 11.6. The standard InChI is InChI=1S/C15H18FNO2/c16-13-5-7-14(8-6-13)19-10-9-17-15(18)11-12-3-1-2-4-12/h1,3,5-8,12H,2,4,9-11H2,(H,17,18)/t12-/m1/s1. The Morgan fingerprint density at radius 2 is 2.16 bits per heavy atom. The summed E-state index contributed by atoms with van der Waals surface area (Å²) in [6, 6.07) is 5.83. The molecule has 19 heavy (non-hydrogen) atoms. The number of allylic oxidation sites excluding steroid dienone is 2. The highest BCUT2D eigenvalue weighted by Gasteiger charge is 2.13. The van der Waals surface area contributed by atoms with Gasteiger partial charge in [0.05, 0.1) is 6.54 Å². The highest BCUT2D eigenvalue weighted by atomic mass is 19.1. The fourth-order valence-electron chi connectivity index (χ4n) is 2.07. The van der Waals surface area contributed by atoms with E-state index in [4.69, 9.17) is 4.74 Å². The Balaban J connectivity index is 1.59. The molecule has 1 amide bonds. The number of nitrogens with one attached hydrogen (secondary N) is 1. The molecule has 0 radical (unpaired) electrons. The second-order valence-corrected chi connectivity index (χ2v) is 4.62. The zero-order valence-corrected chi connectivity index (χ0v) is 10.8. The summed E-state index contributed by atoms with van der Waals surface area (Å²) >= 11 is 0. The molecule has 0 heterocycles. The summed E-state index contributed by atoms with van der Waals surface area (Å²) in [6.07, 6.45) is 6.92. The van der Waals surface area contributed by atoms with E-state index < -0.39 is 0 Å². The van der Waals surface area contributed by atoms with E-state index in [1.807, 2.05) is 0 Å². The molecule has 0 aliphatic heterocycles. The van der Waals surface area contributed by atoms with Gasteiger partial charge in [-0.1, -0.05) is 12.2 Å². The summed E-state index contributed by atoms with van der Waals surface area (Å²) in [5.74, 6) is 0.761. The molecule has 1 aromatic carbocycles. The molecule has 1 aromatic rings. The predicted octanol–water partition coefficient (Wildman–Crippen LogP) is 2.68. The van der Waals surface area contributed by atoms with Crippen LogP contribution in [0.3, 0.4) is 0 Å². The van der Waals surface area contributed by atoms with Crippen molar-refractivity contribution in [3.05, 3.63) is 42.2 Å². The van der Waals surface area contributed by atoms with Gasteiger partial charge < -0.3 is 10.1 Å². The third kappa shape index (κ3) is 4.73. The number of benzene rings is 1. The summed E-state index contributed by atoms with van der Waals surface area (Å²) in [5, 5.41) is 2.82. The van der Waals surface area contributed by atoms with Gasteiger partial charge in [-0.2, -0.15) is 0 Å². The largest absolute Gasteiger partial charge is 0.492 e. The first kappa shape index (κ1) is 13.6. The normalized spacial score (nSPS) is 17.4. The molecule has 1 atom stereocenters. The van der Waals surface area contributed by atoms with Crippen LogP contribution in [0.15, 0.2) is 36.4 Å². The van der Waals surface area contributed by atoms with E-state index in [2.05, 4.69) is 17.5 Å². The van der Waals surface area contributed by atoms with E-state index in [0.29, 0.717) is 31.2 Å². The van der Waals surface area contributed by atoms with E-state index in [-0.39, 0.29) is 11.7 Å². The Hall–Kier alpha value is -1.84. The van der Waals surface area contributed by atoms with E-state index in [0.717, 1.165) is 12.8 Å². The smallest absolute Gasteiger partial charge is 0.220 e. The number of halogens is 1. The number of ether oxygens (including phenoxy) is 1. The van der Waals surface area contributed by atoms with Crippen LogP contribution in [0.1, 0.15) is 19.3 Å². The van der Waals surface area contributed by atoms with E-state index in [9.17, 15) is 9.18 Å². The summed E-state index contributed by atoms with van der Waals surface area (Å²) in [5.41, 5.74) is 0. The molecule has 4 heteroatoms. The van der Waals surface area contributed by atoms with Crippen molar-refractivity contribution in [3.63, 3.8) is 0 Å². The summed E-state index contributed by atoms with van der Waals surface area (Å²) in [7, 11) is 0. The van der Waals surface area contributed by atoms with Gasteiger partial charge in [0.1, 0.15) is 18.2 Å². The number of hydrogen-bond acceptors (Lipinski definition) is 2. The van der Waals surface area contributed by atoms with Crippen molar-refractivity contribution >= 4 is 5.91 Å². The number of amides is 1. The molecule has 0 aromatic heterocycles. The number of rotatable bonds is 6. The molecule has 1 aliphatic rings. The topological polar surface area (TPSA) is 38.3 Å². The van der Waals surface area contributed by atoms with Gasteiger partial charge in [0.15, 0.2) is 0 Å². The van der Waals surface area contributed by atoms with Crippen LogP contribution >= 0.6 is 0 Å². The quantitative estimate of drug-likeness (QED) is 0.633. The first-order valence-corrected chi connectivity index (χ1v) is 6.56. The minimum atomic E-state index is -0.287. The van der Waals surface area contributed by atoms with E-state index >= 15 is 0 Å². The lowest BCUT2D eigenvalue weighted by Gasteiger charge is -2.09. The second kappa shape index (κ2) is 6.92. The highest BCUT2D eigenvalue weighted by molar-refractivity contribution is 5.76. The highest BCUT2D eigenvalue weighted by Crippen LogP contribution is 2.19. The number of hydrogen-bond donors (Lipinski definition) is 1. The third-order valence-electron chi connectivity index (χ3n) is 3.07. The fourth-order valence-corrected chi connectivity index (χ4v) is 2.07. The molecule has 0 saturated carbocycles. The molecule has 0 bridgehead atoms. The molecule has 0 spiro atoms. The maximum atomic E-state index is 12.7. The molecule has 0 saturated heterocycles. The van der Waals surface area contributed by atoms with Crippen molar-refractivity contribution in [2.45, 2.75) is 19.3 Å². The van der Waals surface area contributed by atoms with Crippen LogP contribution in [0.4, 0.5) is 4.39 Å². The van der Waals surface area contributed by atoms with Gasteiger partial charge in [0.2, 0.25) is 5.91 Å². The van der Waals surface area contributed by atoms with Crippen molar-refractivity contribution in [2.24, 2.45) is 5.92 Å². The molecular weight excluding hydrogens is 245 g/mol. The Morgan fingerprint density at radius 1 is 1.37 bits per heavy atom. The zero-order valence-electron chi connectivity index (χ0n) is 10.8. The molecule has 1 aliphatic carbocycles. The van der Waals surface area contributed by atoms with Gasteiger partial charge in [-0.3, -0.25) is 4.79 Å². The average molecular weight is 263 g/mol. The van der Waals surface area contributed by atoms with Crippen LogP contribution in [0, 0.1) is 11.7 Å². The van der Waals surface area contributed by atoms with Crippen molar-refractivity contribution in [2.75, 3.05) is 13.2 Å². The zero-order chi connectivity index (χ0) is 13.5. The van der Waals surface area contributed by atoms with Crippen molar-refractivity contribution < 1.29 is 13.9 Å². The molecule has 3 nitrogen and oxygen atoms in total. The summed E-state index contributed by atoms with van der Waals surface area (Å²) in [6.45, 7) is 0.852. The molecule has 102 valence electrons. The SMILES string of the molecule is O=C(C[C@@H]1C=CCC1)NCCOc1ccc(F)cc1. The van der Waals surface area contributed by atoms with Crippen molar-refractivity contribution in [1.82, 2.24) is 5.32 Å². The molecule has 0 fully saturated rings. The Morgan fingerprint density at radius 3 is 2.84 bits per heavy atom. The Bertz CT molecular complexity index is 442. The maximum Gasteiger partial charge on any atom is 0.220 e. The number of carbonyl (C=O) groups excluding carboxylic acids is 1. The molecular formula is C15H18FNO2. The average Bonchev–Trinajstić information content (AvgIpc) is 2.89. The molecule has 0 unspecified atom stereocenters. The van der Waals surface area contributed by atoms with Crippen molar-refractivity contribution in [3.8, 4) is 5.75 Å². The molecule has 1 N–H and O–H groups in total. The monoisotopic (exact) mass is 263 g/mol. The predicted molar refractivity (Wildman–Crippen MR) is 71.4 cm³/mol. The van der Waals surface area contributed by atoms with E-state index in [1.165, 1.54) is 12.1 Å². The fraction of sp³-hybridized carbons (Fsp3) is 0.400. The van der Waals surface area contributed by atoms with Gasteiger partial charge in [0.25, 0.3) is 0 Å². The number of carbonyl (C=O) groups is 1. The van der Waals surface area contributed by atoms with Crippen LogP contribution in [0.5, 0.6) is 5.75 Å². The van der Waals surface area contributed by atoms with Gasteiger partial charge in [-0.25, -0.2) is 4.39 Å². The van der Waals surface area contributed by atoms with Crippen LogP contribution in [0.2, 0.25) is 0 Å². The van der Waals surface area contributed by atoms with Gasteiger partial charge in [0, 0.05) is 6.42 Å². The lowest BCUT2D eigenvalue weighted by molar-refractivity contribution is -0.121. The van der Waals surface area contributed by atoms with E-state index in [1.54, 1.807) is 12.1 Å². The van der Waals surface area contributed by atoms with Crippen LogP contribution in [-0.2, 0) is 4.79 Å². The second-order valence-electron chi connectivity index (χ2n) is 4.62. The Kier molecular flexibility index (Phi) is 4.95. The van der Waals surface area contributed by atoms with Gasteiger partial charge in [-0.15, -0.1) is 0 Å². The summed E-state index contributed by atoms with van der Waals surface area (Å²) < 4.78 is 18.0. The third-order valence-corrected chi connectivity index (χ3v) is 3.07. The van der Waals surface area contributed by atoms with Crippen LogP contribution in [-0.4, -0.2) is 19.1 Å². The first-order valence-electron chi connectivity index (χ1n) is 6.56. The minimum Gasteiger partial charge on any atom is -0.492 e. The first-order chi connectivity index (χ1) is 9.24. The van der Waals surface area contributed by atoms with Crippen LogP contribution in [0.25, 0.3) is 0 Å². The molecule has 2 rings (SSSR count). The van der Waals surface area contributed by atoms with Gasteiger partial charge in [-0.05, 0) is 43.0 Å².